The number of ether oxygens (including phenoxy) is 13. The van der Waals surface area contributed by atoms with Crippen LogP contribution in [0.4, 0.5) is 0 Å². The molecule has 600 valence electrons. The molecule has 5 aliphatic carbocycles. The van der Waals surface area contributed by atoms with E-state index in [9.17, 15) is 96.4 Å². The van der Waals surface area contributed by atoms with Gasteiger partial charge in [0.05, 0.1) is 44.7 Å². The summed E-state index contributed by atoms with van der Waals surface area (Å²) in [5, 5.41) is 192. The predicted octanol–water partition coefficient (Wildman–Crippen LogP) is -4.01. The van der Waals surface area contributed by atoms with E-state index in [4.69, 9.17) is 61.6 Å². The summed E-state index contributed by atoms with van der Waals surface area (Å²) < 4.78 is 79.7. The van der Waals surface area contributed by atoms with Crippen molar-refractivity contribution >= 4 is 11.9 Å². The highest BCUT2D eigenvalue weighted by molar-refractivity contribution is 5.96. The van der Waals surface area contributed by atoms with Crippen LogP contribution in [-0.2, 0) is 71.2 Å². The molecule has 2 spiro atoms. The molecule has 7 saturated heterocycles. The van der Waals surface area contributed by atoms with E-state index in [-0.39, 0.29) is 51.4 Å². The van der Waals surface area contributed by atoms with Crippen molar-refractivity contribution in [3.8, 4) is 0 Å². The smallest absolute Gasteiger partial charge is 0.329 e. The highest BCUT2D eigenvalue weighted by Gasteiger charge is 2.82. The molecule has 5 saturated carbocycles. The minimum absolute atomic E-state index is 0.00304. The fourth-order valence-electron chi connectivity index (χ4n) is 20.8. The van der Waals surface area contributed by atoms with Crippen LogP contribution in [0.25, 0.3) is 0 Å². The molecule has 105 heavy (non-hydrogen) atoms. The molecule has 7 heterocycles. The quantitative estimate of drug-likeness (QED) is 0.0225. The number of aliphatic hydroxyl groups excluding tert-OH is 17. The summed E-state index contributed by atoms with van der Waals surface area (Å²) in [5.41, 5.74) is -0.147. The summed E-state index contributed by atoms with van der Waals surface area (Å²) in [7, 11) is 0. The maximum atomic E-state index is 13.2. The fraction of sp³-hybridized carbons (Fsp3) is 0.917. The maximum Gasteiger partial charge on any atom is 0.329 e. The van der Waals surface area contributed by atoms with Gasteiger partial charge in [0.25, 0.3) is 0 Å². The molecule has 7 aliphatic heterocycles. The predicted molar refractivity (Wildman–Crippen MR) is 355 cm³/mol. The third-order valence-electron chi connectivity index (χ3n) is 27.6. The van der Waals surface area contributed by atoms with Crippen LogP contribution in [0.1, 0.15) is 127 Å². The van der Waals surface area contributed by atoms with Gasteiger partial charge in [0.2, 0.25) is 5.91 Å². The number of rotatable bonds is 21. The normalized spacial score (nSPS) is 53.7. The number of carbonyl (C=O) groups excluding carboxylic acids is 2. The molecule has 0 aromatic heterocycles. The minimum atomic E-state index is -2.19. The van der Waals surface area contributed by atoms with Crippen molar-refractivity contribution < 1.29 is 158 Å². The zero-order valence-electron chi connectivity index (χ0n) is 61.1. The Morgan fingerprint density at radius 1 is 0.495 bits per heavy atom. The van der Waals surface area contributed by atoms with E-state index in [2.05, 4.69) is 46.0 Å². The number of hydrogen-bond acceptors (Lipinski definition) is 32. The SMILES string of the molecule is C/C(=C\C=C\C(C)C1CC[C@@]2(C)C3CCC4C(C)(C)[C@@H](O[C@@H]5O[C@H](CO)[C@@H](OC6O[C@@H](C)[C@H](O)[C@@H](O)[C@@H]6O)[C@H](O)[C@H]5O[C@H]5O[C@H](CO[C@@H]6O[C@H](CO)[C@@H](O)[C@H](O)[C@H]6O[C@H]6O[C@H](CO)[C@@H](O)[C@H](O)[C@H]6O)[C@@H](O)[C@H](O)[C@H]5OC5O[C@@H](C)[C@H](O)[C@@H](O)[C@@H]5O)CC[C@@]45C[C@@]35CC[C@]12C)C(=O)NC1C(=O)OC(C)C1C. The molecule has 1 amide bonds. The zero-order valence-corrected chi connectivity index (χ0v) is 61.1. The second-order valence-corrected chi connectivity index (χ2v) is 33.4. The summed E-state index contributed by atoms with van der Waals surface area (Å²) in [6.07, 6.45) is -41.4. The Bertz CT molecular complexity index is 3060. The van der Waals surface area contributed by atoms with E-state index in [1.165, 1.54) is 13.8 Å². The topological polar surface area (TPSA) is 510 Å². The van der Waals surface area contributed by atoms with Crippen LogP contribution < -0.4 is 5.32 Å². The van der Waals surface area contributed by atoms with Gasteiger partial charge in [0.1, 0.15) is 146 Å². The van der Waals surface area contributed by atoms with Crippen LogP contribution in [0.3, 0.4) is 0 Å². The van der Waals surface area contributed by atoms with Crippen molar-refractivity contribution in [3.05, 3.63) is 23.8 Å². The van der Waals surface area contributed by atoms with Gasteiger partial charge in [0, 0.05) is 11.5 Å². The lowest BCUT2D eigenvalue weighted by Crippen LogP contribution is -2.68. The Kier molecular flexibility index (Phi) is 24.4. The molecule has 9 unspecified atom stereocenters. The van der Waals surface area contributed by atoms with Gasteiger partial charge in [-0.05, 0) is 136 Å². The molecule has 0 bridgehead atoms. The largest absolute Gasteiger partial charge is 0.461 e. The zero-order chi connectivity index (χ0) is 76.4. The first-order chi connectivity index (χ1) is 49.4. The highest BCUT2D eigenvalue weighted by atomic mass is 16.8. The van der Waals surface area contributed by atoms with Gasteiger partial charge in [-0.1, -0.05) is 59.8 Å². The monoisotopic (exact) mass is 1510 g/mol. The van der Waals surface area contributed by atoms with Crippen molar-refractivity contribution in [3.63, 3.8) is 0 Å². The van der Waals surface area contributed by atoms with Crippen molar-refractivity contribution in [2.24, 2.45) is 56.7 Å². The lowest BCUT2D eigenvalue weighted by atomic mass is 9.42. The highest BCUT2D eigenvalue weighted by Crippen LogP contribution is 2.89. The first-order valence-corrected chi connectivity index (χ1v) is 37.5. The third-order valence-corrected chi connectivity index (χ3v) is 27.6. The van der Waals surface area contributed by atoms with Crippen LogP contribution in [0.2, 0.25) is 0 Å². The number of esters is 1. The number of nitrogens with one attached hydrogen (secondary N) is 1. The summed E-state index contributed by atoms with van der Waals surface area (Å²) in [6, 6.07) is -0.706. The number of amides is 1. The van der Waals surface area contributed by atoms with Crippen molar-refractivity contribution in [2.45, 2.75) is 330 Å². The van der Waals surface area contributed by atoms with Gasteiger partial charge in [-0.2, -0.15) is 0 Å². The molecule has 0 radical (unpaired) electrons. The molecule has 18 N–H and O–H groups in total. The van der Waals surface area contributed by atoms with E-state index >= 15 is 0 Å². The summed E-state index contributed by atoms with van der Waals surface area (Å²) >= 11 is 0. The summed E-state index contributed by atoms with van der Waals surface area (Å²) in [4.78, 5) is 25.7. The molecule has 12 fully saturated rings. The first-order valence-electron chi connectivity index (χ1n) is 37.5. The lowest BCUT2D eigenvalue weighted by Gasteiger charge is -2.63. The van der Waals surface area contributed by atoms with Crippen LogP contribution in [0.15, 0.2) is 23.8 Å². The van der Waals surface area contributed by atoms with Crippen LogP contribution in [0, 0.1) is 56.7 Å². The van der Waals surface area contributed by atoms with Crippen LogP contribution in [0.5, 0.6) is 0 Å². The number of hydrogen-bond donors (Lipinski definition) is 18. The van der Waals surface area contributed by atoms with E-state index < -0.39 is 234 Å². The third kappa shape index (κ3) is 14.3. The Morgan fingerprint density at radius 2 is 0.971 bits per heavy atom. The van der Waals surface area contributed by atoms with Crippen molar-refractivity contribution in [1.29, 1.82) is 0 Å². The average Bonchev–Trinajstić information content (AvgIpc) is 1.46. The van der Waals surface area contributed by atoms with Crippen LogP contribution in [-0.4, -0.2) is 328 Å². The summed E-state index contributed by atoms with van der Waals surface area (Å²) in [6.45, 7) is 16.2. The van der Waals surface area contributed by atoms with E-state index in [1.807, 2.05) is 19.9 Å². The molecule has 12 rings (SSSR count). The van der Waals surface area contributed by atoms with E-state index in [1.54, 1.807) is 13.0 Å². The first kappa shape index (κ1) is 81.7. The Hall–Kier alpha value is -2.74. The number of aliphatic hydroxyl groups is 17. The molecule has 0 aromatic rings. The van der Waals surface area contributed by atoms with Crippen molar-refractivity contribution in [2.75, 3.05) is 26.4 Å². The second kappa shape index (κ2) is 31.3. The van der Waals surface area contributed by atoms with Gasteiger partial charge in [-0.15, -0.1) is 0 Å². The number of fused-ring (bicyclic) bond motifs is 2. The molecule has 33 nitrogen and oxygen atoms in total. The lowest BCUT2D eigenvalue weighted by molar-refractivity contribution is -0.409. The van der Waals surface area contributed by atoms with Gasteiger partial charge in [0.15, 0.2) is 37.7 Å². The molecule has 0 aromatic carbocycles. The van der Waals surface area contributed by atoms with Crippen LogP contribution >= 0.6 is 0 Å². The van der Waals surface area contributed by atoms with E-state index in [0.29, 0.717) is 23.8 Å². The Morgan fingerprint density at radius 3 is 1.55 bits per heavy atom. The number of cyclic esters (lactones) is 1. The fourth-order valence-corrected chi connectivity index (χ4v) is 20.8. The maximum absolute atomic E-state index is 13.2. The van der Waals surface area contributed by atoms with Gasteiger partial charge < -0.3 is 154 Å². The molecule has 12 aliphatic rings. The summed E-state index contributed by atoms with van der Waals surface area (Å²) in [5.74, 6) is 0.192. The van der Waals surface area contributed by atoms with Gasteiger partial charge in [-0.25, -0.2) is 4.79 Å². The van der Waals surface area contributed by atoms with Gasteiger partial charge in [-0.3, -0.25) is 4.79 Å². The second-order valence-electron chi connectivity index (χ2n) is 33.4. The Balaban J connectivity index is 0.808. The molecule has 42 atom stereocenters. The van der Waals surface area contributed by atoms with Crippen molar-refractivity contribution in [1.82, 2.24) is 5.32 Å². The molecular weight excluding hydrogens is 1390 g/mol. The standard InChI is InChI=1S/C72H115NO32/c1-27(12-11-13-28(2)60(91)73-41-29(3)30(4)94-61(41)92)33-16-18-70(10)39-15-14-38-68(7,8)40(17-19-71(38)26-72(39,71)21-20-69(33,70)9)101-66-59(55(90)56(36(24-76)99-66)102-62-52(87)47(82)42(77)31(5)95-62)105-67-58(104-63-53(88)48(83)43(78)32(6)96-63)51(86)46(81)37(100-67)25-93-65-57(50(85)45(80)35(23-75)98-65)103-64-54(89)49(84)44(79)34(22-74)97-64/h11-13,27,29-59,62-67,74-90H,14-26H2,1-10H3,(H,73,91)/b12-11+,28-13+/t27?,29?,30?,31-,32-,33?,34+,35+,36+,37+,38?,39?,40-,41?,42-,43-,44+,45+,46+,47+,48+,49-,50-,51-,52-,53-,54+,55-,56+,57+,58+,59+,62?,63?,64+,65+,66-,67+,69+,70-,71+,72-/m0/s1. The van der Waals surface area contributed by atoms with Gasteiger partial charge >= 0.3 is 5.97 Å². The Labute approximate surface area is 609 Å². The number of carbonyl (C=O) groups is 2. The minimum Gasteiger partial charge on any atom is -0.461 e. The average molecular weight is 1510 g/mol. The number of allylic oxidation sites excluding steroid dienone is 3. The molecular formula is C72H115NO32. The molecule has 33 heteroatoms. The van der Waals surface area contributed by atoms with E-state index in [0.717, 1.165) is 51.4 Å².